The van der Waals surface area contributed by atoms with Crippen LogP contribution in [0.1, 0.15) is 18.9 Å². The molecule has 10 rings (SSSR count). The van der Waals surface area contributed by atoms with Crippen LogP contribution < -0.4 is 0 Å². The van der Waals surface area contributed by atoms with Gasteiger partial charge in [0.1, 0.15) is 5.69 Å². The average molecular weight is 632 g/mol. The maximum atomic E-state index is 5.46. The number of para-hydroxylation sites is 3. The third-order valence-electron chi connectivity index (χ3n) is 9.62. The number of hydrogen-bond donors (Lipinski definition) is 0. The predicted molar refractivity (Wildman–Crippen MR) is 207 cm³/mol. The monoisotopic (exact) mass is 631 g/mol. The molecule has 4 heteroatoms. The van der Waals surface area contributed by atoms with Gasteiger partial charge in [-0.05, 0) is 63.9 Å². The first-order valence-electron chi connectivity index (χ1n) is 16.5. The van der Waals surface area contributed by atoms with Crippen LogP contribution in [-0.2, 0) is 0 Å². The summed E-state index contributed by atoms with van der Waals surface area (Å²) < 4.78 is 4.98. The number of thiophene rings is 1. The Morgan fingerprint density at radius 2 is 1.31 bits per heavy atom. The summed E-state index contributed by atoms with van der Waals surface area (Å²) in [6, 6.07) is 47.9. The summed E-state index contributed by atoms with van der Waals surface area (Å²) in [6.07, 6.45) is 5.54. The Hall–Kier alpha value is -5.84. The van der Waals surface area contributed by atoms with Crippen molar-refractivity contribution >= 4 is 92.0 Å². The number of hydrogen-bond acceptors (Lipinski definition) is 3. The van der Waals surface area contributed by atoms with Crippen molar-refractivity contribution in [2.45, 2.75) is 13.3 Å². The highest BCUT2D eigenvalue weighted by atomic mass is 32.1. The summed E-state index contributed by atoms with van der Waals surface area (Å²) in [7, 11) is 0. The van der Waals surface area contributed by atoms with E-state index in [2.05, 4.69) is 145 Å². The summed E-state index contributed by atoms with van der Waals surface area (Å²) in [5.41, 5.74) is 7.22. The number of nitrogens with zero attached hydrogens (tertiary/aromatic N) is 3. The molecule has 10 aromatic rings. The molecule has 0 spiro atoms. The van der Waals surface area contributed by atoms with Crippen LogP contribution in [0.2, 0.25) is 0 Å². The Balaban J connectivity index is 1.42. The largest absolute Gasteiger partial charge is 0.290 e. The average Bonchev–Trinajstić information content (AvgIpc) is 3.69. The van der Waals surface area contributed by atoms with Crippen molar-refractivity contribution in [2.24, 2.45) is 0 Å². The molecule has 0 amide bonds. The van der Waals surface area contributed by atoms with E-state index in [9.17, 15) is 0 Å². The molecule has 0 aliphatic rings. The third-order valence-corrected chi connectivity index (χ3v) is 10.9. The number of aromatic nitrogens is 3. The van der Waals surface area contributed by atoms with Crippen LogP contribution in [0, 0.1) is 0 Å². The molecule has 0 aliphatic carbocycles. The van der Waals surface area contributed by atoms with Gasteiger partial charge in [-0.3, -0.25) is 4.57 Å². The van der Waals surface area contributed by atoms with E-state index >= 15 is 0 Å². The quantitative estimate of drug-likeness (QED) is 0.193. The molecule has 0 saturated heterocycles. The van der Waals surface area contributed by atoms with Gasteiger partial charge in [0.2, 0.25) is 0 Å². The first-order chi connectivity index (χ1) is 23.8. The lowest BCUT2D eigenvalue weighted by molar-refractivity contribution is 1.08. The highest BCUT2D eigenvalue weighted by molar-refractivity contribution is 7.27. The first kappa shape index (κ1) is 27.3. The Labute approximate surface area is 281 Å². The van der Waals surface area contributed by atoms with Gasteiger partial charge >= 0.3 is 0 Å². The zero-order chi connectivity index (χ0) is 31.8. The molecular formula is C44H29N3S. The van der Waals surface area contributed by atoms with Crippen LogP contribution in [0.3, 0.4) is 0 Å². The van der Waals surface area contributed by atoms with Crippen LogP contribution >= 0.6 is 11.3 Å². The van der Waals surface area contributed by atoms with Crippen LogP contribution in [-0.4, -0.2) is 14.5 Å². The standard InChI is InChI=1S/C44H29N3S/c1-2-3-12-30-26-35-33-24-23-28-14-6-7-16-32(28)42(33)48-43(35)41-39(30)34-17-8-11-20-38(34)47(41)44-40(45-36-18-9-10-19-37(36)46-44)31-22-21-27-13-4-5-15-29(27)25-31/h3-26H,2H2,1H3/b12-3-. The van der Waals surface area contributed by atoms with Gasteiger partial charge in [-0.25, -0.2) is 9.97 Å². The van der Waals surface area contributed by atoms with E-state index in [1.807, 2.05) is 23.5 Å². The molecule has 0 bridgehead atoms. The van der Waals surface area contributed by atoms with Gasteiger partial charge in [-0.1, -0.05) is 122 Å². The van der Waals surface area contributed by atoms with Gasteiger partial charge in [0, 0.05) is 31.8 Å². The number of allylic oxidation sites excluding steroid dienone is 1. The van der Waals surface area contributed by atoms with Crippen LogP contribution in [0.4, 0.5) is 0 Å². The van der Waals surface area contributed by atoms with E-state index in [1.54, 1.807) is 0 Å². The second-order valence-electron chi connectivity index (χ2n) is 12.4. The summed E-state index contributed by atoms with van der Waals surface area (Å²) in [6.45, 7) is 2.20. The highest BCUT2D eigenvalue weighted by Crippen LogP contribution is 2.47. The highest BCUT2D eigenvalue weighted by Gasteiger charge is 2.24. The van der Waals surface area contributed by atoms with Crippen molar-refractivity contribution < 1.29 is 0 Å². The lowest BCUT2D eigenvalue weighted by Crippen LogP contribution is -2.04. The van der Waals surface area contributed by atoms with Gasteiger partial charge in [0.25, 0.3) is 0 Å². The lowest BCUT2D eigenvalue weighted by Gasteiger charge is -2.15. The SMILES string of the molecule is CC/C=C\c1cc2c3ccc4ccccc4c3sc2c2c1c1ccccc1n2-c1nc2ccccc2nc1-c1ccc2ccccc2c1. The maximum Gasteiger partial charge on any atom is 0.165 e. The fourth-order valence-electron chi connectivity index (χ4n) is 7.41. The van der Waals surface area contributed by atoms with Gasteiger partial charge < -0.3 is 0 Å². The second-order valence-corrected chi connectivity index (χ2v) is 13.5. The lowest BCUT2D eigenvalue weighted by atomic mass is 10.0. The van der Waals surface area contributed by atoms with Crippen LogP contribution in [0.5, 0.6) is 0 Å². The summed E-state index contributed by atoms with van der Waals surface area (Å²) >= 11 is 1.89. The van der Waals surface area contributed by atoms with Crippen molar-refractivity contribution in [2.75, 3.05) is 0 Å². The van der Waals surface area contributed by atoms with Crippen molar-refractivity contribution in [1.29, 1.82) is 0 Å². The van der Waals surface area contributed by atoms with Crippen LogP contribution in [0.15, 0.2) is 140 Å². The Morgan fingerprint density at radius 1 is 0.604 bits per heavy atom. The van der Waals surface area contributed by atoms with E-state index in [4.69, 9.17) is 9.97 Å². The van der Waals surface area contributed by atoms with E-state index in [0.717, 1.165) is 40.0 Å². The van der Waals surface area contributed by atoms with Crippen LogP contribution in [0.25, 0.3) is 97.7 Å². The van der Waals surface area contributed by atoms with Crippen molar-refractivity contribution in [3.63, 3.8) is 0 Å². The minimum Gasteiger partial charge on any atom is -0.290 e. The van der Waals surface area contributed by atoms with Gasteiger partial charge in [0.05, 0.1) is 26.8 Å². The number of rotatable bonds is 4. The van der Waals surface area contributed by atoms with Gasteiger partial charge in [-0.2, -0.15) is 0 Å². The van der Waals surface area contributed by atoms with Gasteiger partial charge in [0.15, 0.2) is 5.82 Å². The fraction of sp³-hybridized carbons (Fsp3) is 0.0455. The molecule has 0 saturated carbocycles. The third kappa shape index (κ3) is 3.99. The van der Waals surface area contributed by atoms with Crippen molar-refractivity contribution in [3.05, 3.63) is 145 Å². The van der Waals surface area contributed by atoms with Gasteiger partial charge in [-0.15, -0.1) is 11.3 Å². The summed E-state index contributed by atoms with van der Waals surface area (Å²) in [5.74, 6) is 0.843. The minimum atomic E-state index is 0.843. The fourth-order valence-corrected chi connectivity index (χ4v) is 8.77. The molecule has 0 atom stereocenters. The smallest absolute Gasteiger partial charge is 0.165 e. The Kier molecular flexibility index (Phi) is 6.02. The van der Waals surface area contributed by atoms with E-state index in [1.165, 1.54) is 63.6 Å². The molecule has 3 aromatic heterocycles. The Morgan fingerprint density at radius 3 is 2.17 bits per heavy atom. The predicted octanol–water partition coefficient (Wildman–Crippen LogP) is 12.5. The summed E-state index contributed by atoms with van der Waals surface area (Å²) in [5, 5.41) is 9.97. The maximum absolute atomic E-state index is 5.46. The van der Waals surface area contributed by atoms with E-state index in [0.29, 0.717) is 0 Å². The zero-order valence-corrected chi connectivity index (χ0v) is 27.1. The number of benzene rings is 7. The molecule has 0 fully saturated rings. The number of fused-ring (bicyclic) bond motifs is 11. The van der Waals surface area contributed by atoms with Crippen molar-refractivity contribution in [3.8, 4) is 17.1 Å². The molecule has 3 nitrogen and oxygen atoms in total. The minimum absolute atomic E-state index is 0.843. The molecule has 7 aromatic carbocycles. The molecule has 0 aliphatic heterocycles. The summed E-state index contributed by atoms with van der Waals surface area (Å²) in [4.78, 5) is 10.8. The van der Waals surface area contributed by atoms with E-state index < -0.39 is 0 Å². The second kappa shape index (κ2) is 10.6. The molecule has 226 valence electrons. The van der Waals surface area contributed by atoms with Crippen molar-refractivity contribution in [1.82, 2.24) is 14.5 Å². The molecule has 48 heavy (non-hydrogen) atoms. The molecule has 0 unspecified atom stereocenters. The normalized spacial score (nSPS) is 12.3. The Bertz CT molecular complexity index is 2940. The zero-order valence-electron chi connectivity index (χ0n) is 26.3. The molecular weight excluding hydrogens is 603 g/mol. The molecule has 3 heterocycles. The molecule has 0 radical (unpaired) electrons. The first-order valence-corrected chi connectivity index (χ1v) is 17.3. The van der Waals surface area contributed by atoms with E-state index in [-0.39, 0.29) is 0 Å². The molecule has 0 N–H and O–H groups in total. The topological polar surface area (TPSA) is 30.7 Å².